The Bertz CT molecular complexity index is 705. The van der Waals surface area contributed by atoms with Crippen molar-refractivity contribution >= 4 is 11.6 Å². The number of anilines is 1. The lowest BCUT2D eigenvalue weighted by Crippen LogP contribution is -2.28. The van der Waals surface area contributed by atoms with E-state index in [0.717, 1.165) is 4.90 Å². The van der Waals surface area contributed by atoms with Crippen LogP contribution in [0, 0.1) is 0 Å². The highest BCUT2D eigenvalue weighted by Gasteiger charge is 2.20. The predicted molar refractivity (Wildman–Crippen MR) is 79.5 cm³/mol. The Morgan fingerprint density at radius 1 is 1.37 bits per heavy atom. The SMILES string of the molecule is [2H]c1c([2H])c(CCN(C([2H])([2H])CC)C([2H])([2H])CC)c2c(c1[2H])NC(=O)C2. The Morgan fingerprint density at radius 2 is 2.11 bits per heavy atom. The van der Waals surface area contributed by atoms with Crippen LogP contribution in [0.25, 0.3) is 0 Å². The maximum atomic E-state index is 11.7. The molecule has 0 bridgehead atoms. The van der Waals surface area contributed by atoms with Crippen LogP contribution in [0.15, 0.2) is 18.1 Å². The van der Waals surface area contributed by atoms with E-state index in [1.165, 1.54) is 0 Å². The van der Waals surface area contributed by atoms with Gasteiger partial charge in [0.05, 0.1) is 10.5 Å². The molecular formula is C16H24N2O. The minimum atomic E-state index is -1.86. The molecule has 19 heavy (non-hydrogen) atoms. The molecule has 1 N–H and O–H groups in total. The molecular weight excluding hydrogens is 236 g/mol. The van der Waals surface area contributed by atoms with Gasteiger partial charge in [-0.3, -0.25) is 4.79 Å². The molecule has 2 rings (SSSR count). The second-order valence-electron chi connectivity index (χ2n) is 4.36. The van der Waals surface area contributed by atoms with Crippen molar-refractivity contribution in [3.8, 4) is 0 Å². The van der Waals surface area contributed by atoms with E-state index in [9.17, 15) is 4.79 Å². The van der Waals surface area contributed by atoms with Crippen molar-refractivity contribution in [2.24, 2.45) is 0 Å². The molecule has 0 atom stereocenters. The van der Waals surface area contributed by atoms with E-state index in [2.05, 4.69) is 5.32 Å². The van der Waals surface area contributed by atoms with E-state index >= 15 is 0 Å². The molecule has 104 valence electrons. The highest BCUT2D eigenvalue weighted by Crippen LogP contribution is 2.26. The number of benzene rings is 1. The molecule has 0 saturated heterocycles. The molecule has 1 aliphatic heterocycles. The van der Waals surface area contributed by atoms with E-state index in [-0.39, 0.29) is 61.9 Å². The summed E-state index contributed by atoms with van der Waals surface area (Å²) in [6.07, 6.45) is 0.354. The first-order valence-electron chi connectivity index (χ1n) is 10.1. The van der Waals surface area contributed by atoms with Crippen molar-refractivity contribution in [3.63, 3.8) is 0 Å². The van der Waals surface area contributed by atoms with Crippen molar-refractivity contribution in [1.82, 2.24) is 4.90 Å². The second-order valence-corrected chi connectivity index (χ2v) is 4.36. The topological polar surface area (TPSA) is 32.3 Å². The Balaban J connectivity index is 2.41. The number of carbonyl (C=O) groups excluding carboxylic acids is 1. The summed E-state index contributed by atoms with van der Waals surface area (Å²) in [4.78, 5) is 12.9. The zero-order valence-electron chi connectivity index (χ0n) is 18.4. The number of fused-ring (bicyclic) bond motifs is 1. The number of hydrogen-bond donors (Lipinski definition) is 1. The van der Waals surface area contributed by atoms with Crippen LogP contribution in [0.1, 0.15) is 47.4 Å². The van der Waals surface area contributed by atoms with Crippen LogP contribution in [0.4, 0.5) is 5.69 Å². The van der Waals surface area contributed by atoms with Gasteiger partial charge in [0.15, 0.2) is 0 Å². The molecule has 1 amide bonds. The van der Waals surface area contributed by atoms with Gasteiger partial charge in [0.25, 0.3) is 0 Å². The van der Waals surface area contributed by atoms with Gasteiger partial charge >= 0.3 is 0 Å². The van der Waals surface area contributed by atoms with E-state index < -0.39 is 13.0 Å². The fourth-order valence-corrected chi connectivity index (χ4v) is 2.15. The molecule has 0 spiro atoms. The van der Waals surface area contributed by atoms with Crippen molar-refractivity contribution in [2.45, 2.75) is 39.5 Å². The molecule has 1 heterocycles. The summed E-state index contributed by atoms with van der Waals surface area (Å²) in [5.74, 6) is -0.301. The highest BCUT2D eigenvalue weighted by molar-refractivity contribution is 5.99. The fraction of sp³-hybridized carbons (Fsp3) is 0.562. The lowest BCUT2D eigenvalue weighted by atomic mass is 10.0. The summed E-state index contributed by atoms with van der Waals surface area (Å²) in [5.41, 5.74) is 1.15. The van der Waals surface area contributed by atoms with Gasteiger partial charge in [-0.2, -0.15) is 0 Å². The van der Waals surface area contributed by atoms with Crippen molar-refractivity contribution in [2.75, 3.05) is 24.9 Å². The number of amides is 1. The van der Waals surface area contributed by atoms with Crippen molar-refractivity contribution < 1.29 is 14.4 Å². The third kappa shape index (κ3) is 3.57. The maximum absolute atomic E-state index is 11.7. The maximum Gasteiger partial charge on any atom is 0.228 e. The van der Waals surface area contributed by atoms with Crippen LogP contribution in [0.5, 0.6) is 0 Å². The Morgan fingerprint density at radius 3 is 2.79 bits per heavy atom. The third-order valence-electron chi connectivity index (χ3n) is 2.95. The largest absolute Gasteiger partial charge is 0.326 e. The number of nitrogens with zero attached hydrogens (tertiary/aromatic N) is 1. The van der Waals surface area contributed by atoms with Crippen LogP contribution in [-0.2, 0) is 17.6 Å². The third-order valence-corrected chi connectivity index (χ3v) is 2.95. The summed E-state index contributed by atoms with van der Waals surface area (Å²) in [7, 11) is 0. The normalized spacial score (nSPS) is 20.6. The van der Waals surface area contributed by atoms with Gasteiger partial charge in [-0.25, -0.2) is 0 Å². The van der Waals surface area contributed by atoms with Crippen LogP contribution < -0.4 is 5.32 Å². The summed E-state index contributed by atoms with van der Waals surface area (Å²) in [6, 6.07) is -0.631. The number of nitrogens with one attached hydrogen (secondary N) is 1. The van der Waals surface area contributed by atoms with Gasteiger partial charge < -0.3 is 10.2 Å². The molecule has 0 fully saturated rings. The Kier molecular flexibility index (Phi) is 2.63. The van der Waals surface area contributed by atoms with Crippen molar-refractivity contribution in [1.29, 1.82) is 0 Å². The van der Waals surface area contributed by atoms with Gasteiger partial charge in [-0.15, -0.1) is 0 Å². The van der Waals surface area contributed by atoms with E-state index in [4.69, 9.17) is 9.60 Å². The zero-order valence-corrected chi connectivity index (χ0v) is 11.4. The molecule has 1 aliphatic rings. The molecule has 3 nitrogen and oxygen atoms in total. The smallest absolute Gasteiger partial charge is 0.228 e. The summed E-state index contributed by atoms with van der Waals surface area (Å²) >= 11 is 0. The molecule has 1 aromatic rings. The average Bonchev–Trinajstić information content (AvgIpc) is 2.97. The fourth-order valence-electron chi connectivity index (χ4n) is 2.15. The Labute approximate surface area is 125 Å². The zero-order chi connectivity index (χ0) is 19.9. The molecule has 0 saturated carbocycles. The monoisotopic (exact) mass is 267 g/mol. The van der Waals surface area contributed by atoms with Gasteiger partial charge in [0, 0.05) is 17.7 Å². The molecule has 0 aromatic heterocycles. The van der Waals surface area contributed by atoms with Gasteiger partial charge in [-0.05, 0) is 49.4 Å². The predicted octanol–water partition coefficient (Wildman–Crippen LogP) is 2.85. The number of hydrogen-bond acceptors (Lipinski definition) is 2. The number of rotatable bonds is 7. The second kappa shape index (κ2) is 6.71. The van der Waals surface area contributed by atoms with E-state index in [1.807, 2.05) is 0 Å². The van der Waals surface area contributed by atoms with Gasteiger partial charge in [0.1, 0.15) is 0 Å². The first-order chi connectivity index (χ1) is 12.0. The van der Waals surface area contributed by atoms with Crippen LogP contribution in [0.3, 0.4) is 0 Å². The molecule has 0 unspecified atom stereocenters. The summed E-state index contributed by atoms with van der Waals surface area (Å²) in [5, 5.41) is 2.55. The standard InChI is InChI=1S/C16H24N2O/c1-3-9-18(10-4-2)11-8-13-6-5-7-15-14(13)12-16(19)17-15/h5-7H,3-4,8-12H2,1-2H3,(H,17,19)/i5D,6D,7D,9D2,10D2. The highest BCUT2D eigenvalue weighted by atomic mass is 16.1. The van der Waals surface area contributed by atoms with E-state index in [0.29, 0.717) is 11.1 Å². The minimum absolute atomic E-state index is 0.00494. The summed E-state index contributed by atoms with van der Waals surface area (Å²) in [6.45, 7) is -0.432. The van der Waals surface area contributed by atoms with E-state index in [1.54, 1.807) is 13.8 Å². The van der Waals surface area contributed by atoms with Crippen LogP contribution in [0.2, 0.25) is 0 Å². The first-order valence-corrected chi connectivity index (χ1v) is 6.65. The average molecular weight is 267 g/mol. The van der Waals surface area contributed by atoms with Crippen LogP contribution >= 0.6 is 0 Å². The van der Waals surface area contributed by atoms with Crippen molar-refractivity contribution in [3.05, 3.63) is 29.3 Å². The minimum Gasteiger partial charge on any atom is -0.326 e. The quantitative estimate of drug-likeness (QED) is 0.824. The lowest BCUT2D eigenvalue weighted by Gasteiger charge is -2.21. The Hall–Kier alpha value is -1.35. The number of carbonyl (C=O) groups is 1. The van der Waals surface area contributed by atoms with Gasteiger partial charge in [-0.1, -0.05) is 25.9 Å². The van der Waals surface area contributed by atoms with Gasteiger partial charge in [0.2, 0.25) is 5.91 Å². The molecule has 3 heteroatoms. The molecule has 1 aromatic carbocycles. The summed E-state index contributed by atoms with van der Waals surface area (Å²) < 4.78 is 56.6. The molecule has 0 aliphatic carbocycles. The van der Waals surface area contributed by atoms with Crippen LogP contribution in [-0.4, -0.2) is 30.3 Å². The first kappa shape index (κ1) is 7.44. The lowest BCUT2D eigenvalue weighted by molar-refractivity contribution is -0.115. The molecule has 0 radical (unpaired) electrons.